The first-order chi connectivity index (χ1) is 8.61. The molecule has 94 valence electrons. The molecule has 0 spiro atoms. The van der Waals surface area contributed by atoms with Gasteiger partial charge in [0.15, 0.2) is 0 Å². The van der Waals surface area contributed by atoms with Crippen molar-refractivity contribution in [2.45, 2.75) is 19.9 Å². The Morgan fingerprint density at radius 1 is 1.17 bits per heavy atom. The van der Waals surface area contributed by atoms with Crippen molar-refractivity contribution < 1.29 is 4.39 Å². The van der Waals surface area contributed by atoms with Crippen LogP contribution in [0.15, 0.2) is 36.5 Å². The maximum atomic E-state index is 13.6. The van der Waals surface area contributed by atoms with Crippen molar-refractivity contribution in [3.05, 3.63) is 64.7 Å². The van der Waals surface area contributed by atoms with Crippen molar-refractivity contribution in [3.63, 3.8) is 0 Å². The summed E-state index contributed by atoms with van der Waals surface area (Å²) < 4.78 is 13.6. The standard InChI is InChI=1S/C15H17FN2/c1-10-6-7-18-14(8-10)15(17-3)12-5-4-11(2)13(16)9-12/h4-9,15,17H,1-3H3. The molecule has 0 radical (unpaired) electrons. The van der Waals surface area contributed by atoms with Crippen LogP contribution in [0.4, 0.5) is 4.39 Å². The van der Waals surface area contributed by atoms with Crippen molar-refractivity contribution in [2.75, 3.05) is 7.05 Å². The lowest BCUT2D eigenvalue weighted by molar-refractivity contribution is 0.605. The minimum Gasteiger partial charge on any atom is -0.308 e. The second kappa shape index (κ2) is 5.27. The van der Waals surface area contributed by atoms with Gasteiger partial charge in [0.1, 0.15) is 5.82 Å². The van der Waals surface area contributed by atoms with Gasteiger partial charge in [-0.3, -0.25) is 4.98 Å². The lowest BCUT2D eigenvalue weighted by Crippen LogP contribution is -2.19. The second-order valence-corrected chi connectivity index (χ2v) is 4.49. The number of benzene rings is 1. The number of halogens is 1. The molecule has 18 heavy (non-hydrogen) atoms. The van der Waals surface area contributed by atoms with Crippen LogP contribution < -0.4 is 5.32 Å². The molecule has 0 saturated heterocycles. The average Bonchev–Trinajstić information content (AvgIpc) is 2.35. The fraction of sp³-hybridized carbons (Fsp3) is 0.267. The maximum absolute atomic E-state index is 13.6. The largest absolute Gasteiger partial charge is 0.308 e. The van der Waals surface area contributed by atoms with Gasteiger partial charge in [-0.25, -0.2) is 4.39 Å². The van der Waals surface area contributed by atoms with Gasteiger partial charge >= 0.3 is 0 Å². The molecule has 0 saturated carbocycles. The van der Waals surface area contributed by atoms with Crippen LogP contribution in [0.2, 0.25) is 0 Å². The summed E-state index contributed by atoms with van der Waals surface area (Å²) in [6, 6.07) is 9.18. The van der Waals surface area contributed by atoms with Crippen molar-refractivity contribution in [3.8, 4) is 0 Å². The predicted octanol–water partition coefficient (Wildman–Crippen LogP) is 3.15. The van der Waals surface area contributed by atoms with E-state index in [1.807, 2.05) is 32.2 Å². The van der Waals surface area contributed by atoms with Crippen LogP contribution in [0.5, 0.6) is 0 Å². The van der Waals surface area contributed by atoms with Gasteiger partial charge in [0, 0.05) is 6.20 Å². The van der Waals surface area contributed by atoms with Crippen LogP contribution in [0.1, 0.15) is 28.4 Å². The van der Waals surface area contributed by atoms with Gasteiger partial charge in [0.2, 0.25) is 0 Å². The van der Waals surface area contributed by atoms with E-state index in [0.717, 1.165) is 16.8 Å². The fourth-order valence-corrected chi connectivity index (χ4v) is 1.99. The molecule has 1 aromatic carbocycles. The molecule has 0 fully saturated rings. The normalized spacial score (nSPS) is 12.4. The Hall–Kier alpha value is -1.74. The van der Waals surface area contributed by atoms with Gasteiger partial charge in [-0.05, 0) is 55.8 Å². The number of pyridine rings is 1. The van der Waals surface area contributed by atoms with E-state index in [2.05, 4.69) is 10.3 Å². The molecule has 1 N–H and O–H groups in total. The predicted molar refractivity (Wildman–Crippen MR) is 71.0 cm³/mol. The number of hydrogen-bond donors (Lipinski definition) is 1. The first-order valence-corrected chi connectivity index (χ1v) is 5.97. The van der Waals surface area contributed by atoms with E-state index >= 15 is 0 Å². The highest BCUT2D eigenvalue weighted by molar-refractivity contribution is 5.32. The molecule has 2 aromatic rings. The molecule has 1 heterocycles. The van der Waals surface area contributed by atoms with Gasteiger partial charge < -0.3 is 5.32 Å². The van der Waals surface area contributed by atoms with Gasteiger partial charge in [0.25, 0.3) is 0 Å². The van der Waals surface area contributed by atoms with E-state index in [-0.39, 0.29) is 11.9 Å². The van der Waals surface area contributed by atoms with E-state index in [1.165, 1.54) is 0 Å². The number of hydrogen-bond acceptors (Lipinski definition) is 2. The minimum absolute atomic E-state index is 0.0833. The SMILES string of the molecule is CNC(c1ccc(C)c(F)c1)c1cc(C)ccn1. The quantitative estimate of drug-likeness (QED) is 0.897. The number of aryl methyl sites for hydroxylation is 2. The van der Waals surface area contributed by atoms with E-state index in [9.17, 15) is 4.39 Å². The molecular weight excluding hydrogens is 227 g/mol. The van der Waals surface area contributed by atoms with Crippen LogP contribution >= 0.6 is 0 Å². The molecule has 1 unspecified atom stereocenters. The number of nitrogens with one attached hydrogen (secondary N) is 1. The number of nitrogens with zero attached hydrogens (tertiary/aromatic N) is 1. The summed E-state index contributed by atoms with van der Waals surface area (Å²) in [6.45, 7) is 3.78. The third-order valence-electron chi connectivity index (χ3n) is 3.05. The zero-order chi connectivity index (χ0) is 13.1. The molecule has 0 aliphatic carbocycles. The zero-order valence-corrected chi connectivity index (χ0v) is 10.9. The van der Waals surface area contributed by atoms with E-state index < -0.39 is 0 Å². The summed E-state index contributed by atoms with van der Waals surface area (Å²) >= 11 is 0. The van der Waals surface area contributed by atoms with Crippen molar-refractivity contribution >= 4 is 0 Å². The third kappa shape index (κ3) is 2.57. The molecule has 0 aliphatic heterocycles. The highest BCUT2D eigenvalue weighted by Crippen LogP contribution is 2.22. The van der Waals surface area contributed by atoms with Crippen molar-refractivity contribution in [2.24, 2.45) is 0 Å². The molecule has 0 aliphatic rings. The summed E-state index contributed by atoms with van der Waals surface area (Å²) in [5, 5.41) is 3.18. The molecule has 1 aromatic heterocycles. The van der Waals surface area contributed by atoms with Gasteiger partial charge in [-0.2, -0.15) is 0 Å². The Morgan fingerprint density at radius 2 is 1.94 bits per heavy atom. The second-order valence-electron chi connectivity index (χ2n) is 4.49. The lowest BCUT2D eigenvalue weighted by Gasteiger charge is -2.17. The minimum atomic E-state index is -0.180. The van der Waals surface area contributed by atoms with Crippen molar-refractivity contribution in [1.82, 2.24) is 10.3 Å². The first-order valence-electron chi connectivity index (χ1n) is 5.97. The van der Waals surface area contributed by atoms with E-state index in [1.54, 1.807) is 25.3 Å². The fourth-order valence-electron chi connectivity index (χ4n) is 1.99. The molecular formula is C15H17FN2. The summed E-state index contributed by atoms with van der Waals surface area (Å²) in [5.41, 5.74) is 3.60. The smallest absolute Gasteiger partial charge is 0.126 e. The summed E-state index contributed by atoms with van der Waals surface area (Å²) in [6.07, 6.45) is 1.78. The highest BCUT2D eigenvalue weighted by Gasteiger charge is 2.14. The lowest BCUT2D eigenvalue weighted by atomic mass is 10.0. The Kier molecular flexibility index (Phi) is 3.72. The maximum Gasteiger partial charge on any atom is 0.126 e. The molecule has 2 rings (SSSR count). The number of rotatable bonds is 3. The van der Waals surface area contributed by atoms with Crippen LogP contribution in [0.3, 0.4) is 0 Å². The molecule has 2 nitrogen and oxygen atoms in total. The van der Waals surface area contributed by atoms with Gasteiger partial charge in [0.05, 0.1) is 11.7 Å². The first kappa shape index (κ1) is 12.7. The average molecular weight is 244 g/mol. The molecule has 3 heteroatoms. The highest BCUT2D eigenvalue weighted by atomic mass is 19.1. The van der Waals surface area contributed by atoms with Crippen LogP contribution in [0.25, 0.3) is 0 Å². The monoisotopic (exact) mass is 244 g/mol. The summed E-state index contributed by atoms with van der Waals surface area (Å²) in [5.74, 6) is -0.180. The van der Waals surface area contributed by atoms with Crippen LogP contribution in [-0.2, 0) is 0 Å². The van der Waals surface area contributed by atoms with Crippen molar-refractivity contribution in [1.29, 1.82) is 0 Å². The zero-order valence-electron chi connectivity index (χ0n) is 10.9. The topological polar surface area (TPSA) is 24.9 Å². The Bertz CT molecular complexity index is 552. The summed E-state index contributed by atoms with van der Waals surface area (Å²) in [7, 11) is 1.85. The molecule has 0 amide bonds. The molecule has 1 atom stereocenters. The van der Waals surface area contributed by atoms with Crippen LogP contribution in [-0.4, -0.2) is 12.0 Å². The summed E-state index contributed by atoms with van der Waals surface area (Å²) in [4.78, 5) is 4.35. The number of aromatic nitrogens is 1. The van der Waals surface area contributed by atoms with Gasteiger partial charge in [-0.1, -0.05) is 12.1 Å². The van der Waals surface area contributed by atoms with Crippen LogP contribution in [0, 0.1) is 19.7 Å². The molecule has 0 bridgehead atoms. The van der Waals surface area contributed by atoms with E-state index in [4.69, 9.17) is 0 Å². The van der Waals surface area contributed by atoms with Gasteiger partial charge in [-0.15, -0.1) is 0 Å². The third-order valence-corrected chi connectivity index (χ3v) is 3.05. The Morgan fingerprint density at radius 3 is 2.56 bits per heavy atom. The Labute approximate surface area is 107 Å². The Balaban J connectivity index is 2.42. The van der Waals surface area contributed by atoms with E-state index in [0.29, 0.717) is 5.56 Å².